The molecule has 4 heterocycles. The van der Waals surface area contributed by atoms with E-state index >= 15 is 0 Å². The van der Waals surface area contributed by atoms with Gasteiger partial charge in [0.05, 0.1) is 12.5 Å². The van der Waals surface area contributed by atoms with Crippen LogP contribution in [0, 0.1) is 0 Å². The van der Waals surface area contributed by atoms with Gasteiger partial charge in [-0.2, -0.15) is 5.01 Å². The summed E-state index contributed by atoms with van der Waals surface area (Å²) in [5.74, 6) is 0.462. The van der Waals surface area contributed by atoms with Crippen LogP contribution in [0.25, 0.3) is 20.7 Å². The first-order valence-corrected chi connectivity index (χ1v) is 11.1. The van der Waals surface area contributed by atoms with Crippen molar-refractivity contribution in [3.8, 4) is 16.2 Å². The molecule has 1 aromatic carbocycles. The zero-order chi connectivity index (χ0) is 21.5. The smallest absolute Gasteiger partial charge is 0.276 e. The maximum atomic E-state index is 12.9. The third kappa shape index (κ3) is 3.28. The molecule has 0 bridgehead atoms. The van der Waals surface area contributed by atoms with E-state index in [9.17, 15) is 9.59 Å². The molecule has 31 heavy (non-hydrogen) atoms. The number of methoxy groups -OCH3 is 1. The quantitative estimate of drug-likeness (QED) is 0.409. The van der Waals surface area contributed by atoms with Crippen molar-refractivity contribution >= 4 is 55.5 Å². The molecular weight excluding hydrogens is 432 g/mol. The van der Waals surface area contributed by atoms with Crippen LogP contribution in [-0.4, -0.2) is 33.9 Å². The van der Waals surface area contributed by atoms with Crippen molar-refractivity contribution in [1.82, 2.24) is 15.0 Å². The fourth-order valence-electron chi connectivity index (χ4n) is 3.38. The summed E-state index contributed by atoms with van der Waals surface area (Å²) in [6.07, 6.45) is 2.79. The van der Waals surface area contributed by atoms with E-state index in [0.29, 0.717) is 16.4 Å². The second kappa shape index (κ2) is 7.60. The zero-order valence-electron chi connectivity index (χ0n) is 16.6. The van der Waals surface area contributed by atoms with Crippen molar-refractivity contribution < 1.29 is 14.3 Å². The van der Waals surface area contributed by atoms with Gasteiger partial charge in [-0.25, -0.2) is 15.0 Å². The first-order chi connectivity index (χ1) is 15.1. The van der Waals surface area contributed by atoms with Crippen LogP contribution in [0.2, 0.25) is 0 Å². The van der Waals surface area contributed by atoms with E-state index in [1.54, 1.807) is 19.0 Å². The second-order valence-electron chi connectivity index (χ2n) is 6.80. The van der Waals surface area contributed by atoms with E-state index in [0.717, 1.165) is 31.4 Å². The Balaban J connectivity index is 1.65. The van der Waals surface area contributed by atoms with Crippen LogP contribution >= 0.6 is 22.7 Å². The molecule has 0 saturated carbocycles. The lowest BCUT2D eigenvalue weighted by atomic mass is 10.2. The van der Waals surface area contributed by atoms with Gasteiger partial charge in [-0.15, -0.1) is 22.7 Å². The molecule has 154 valence electrons. The van der Waals surface area contributed by atoms with Crippen molar-refractivity contribution in [2.75, 3.05) is 12.1 Å². The highest BCUT2D eigenvalue weighted by molar-refractivity contribution is 7.19. The maximum absolute atomic E-state index is 12.9. The molecule has 0 aliphatic carbocycles. The lowest BCUT2D eigenvalue weighted by Gasteiger charge is -2.30. The van der Waals surface area contributed by atoms with Crippen molar-refractivity contribution in [3.63, 3.8) is 0 Å². The summed E-state index contributed by atoms with van der Waals surface area (Å²) < 4.78 is 5.33. The van der Waals surface area contributed by atoms with E-state index in [4.69, 9.17) is 4.74 Å². The van der Waals surface area contributed by atoms with E-state index in [-0.39, 0.29) is 5.91 Å². The molecule has 0 spiro atoms. The topological polar surface area (TPSA) is 75.6 Å². The van der Waals surface area contributed by atoms with Gasteiger partial charge < -0.3 is 4.74 Å². The number of nitrogens with zero attached hydrogens (tertiary/aromatic N) is 4. The fourth-order valence-corrected chi connectivity index (χ4v) is 5.11. The highest BCUT2D eigenvalue weighted by Crippen LogP contribution is 2.41. The lowest BCUT2D eigenvalue weighted by Crippen LogP contribution is -2.44. The Labute approximate surface area is 185 Å². The number of hydrazine groups is 1. The standard InChI is InChI=1S/C22H16N4O3S2/c1-13-10-18(27)25(22(13)28)26(20-16-8-9-30-21(16)24-12-23-20)19-7-6-17(31-19)14-4-3-5-15(11-14)29-2/h3-12H,1-2H3. The molecule has 7 nitrogen and oxygen atoms in total. The summed E-state index contributed by atoms with van der Waals surface area (Å²) in [6, 6.07) is 13.5. The molecule has 1 aliphatic heterocycles. The third-order valence-corrected chi connectivity index (χ3v) is 6.81. The van der Waals surface area contributed by atoms with Crippen LogP contribution in [-0.2, 0) is 9.59 Å². The first kappa shape index (κ1) is 19.4. The maximum Gasteiger partial charge on any atom is 0.276 e. The average molecular weight is 449 g/mol. The largest absolute Gasteiger partial charge is 0.497 e. The van der Waals surface area contributed by atoms with Crippen molar-refractivity contribution in [2.24, 2.45) is 0 Å². The summed E-state index contributed by atoms with van der Waals surface area (Å²) >= 11 is 2.93. The number of hydrogen-bond donors (Lipinski definition) is 0. The SMILES string of the molecule is COc1cccc(-c2ccc(N(c3ncnc4sccc34)N3C(=O)C=C(C)C3=O)s2)c1. The minimum Gasteiger partial charge on any atom is -0.497 e. The van der Waals surface area contributed by atoms with Gasteiger partial charge in [0.25, 0.3) is 11.8 Å². The fraction of sp³-hybridized carbons (Fsp3) is 0.0909. The van der Waals surface area contributed by atoms with Crippen LogP contribution < -0.4 is 9.75 Å². The van der Waals surface area contributed by atoms with E-state index < -0.39 is 5.91 Å². The lowest BCUT2D eigenvalue weighted by molar-refractivity contribution is -0.137. The Bertz CT molecular complexity index is 1360. The Morgan fingerprint density at radius 1 is 1.10 bits per heavy atom. The summed E-state index contributed by atoms with van der Waals surface area (Å²) in [5.41, 5.74) is 1.36. The first-order valence-electron chi connectivity index (χ1n) is 9.36. The van der Waals surface area contributed by atoms with E-state index in [1.807, 2.05) is 47.8 Å². The minimum atomic E-state index is -0.402. The Morgan fingerprint density at radius 3 is 2.74 bits per heavy atom. The van der Waals surface area contributed by atoms with E-state index in [2.05, 4.69) is 9.97 Å². The monoisotopic (exact) mass is 448 g/mol. The molecule has 4 aromatic rings. The number of carbonyl (C=O) groups excluding carboxylic acids is 2. The molecule has 0 atom stereocenters. The van der Waals surface area contributed by atoms with Gasteiger partial charge >= 0.3 is 0 Å². The number of aromatic nitrogens is 2. The summed E-state index contributed by atoms with van der Waals surface area (Å²) in [5, 5.41) is 6.09. The number of benzene rings is 1. The molecule has 0 fully saturated rings. The van der Waals surface area contributed by atoms with E-state index in [1.165, 1.54) is 35.1 Å². The van der Waals surface area contributed by atoms with Gasteiger partial charge in [0.1, 0.15) is 21.9 Å². The molecule has 1 aliphatic rings. The van der Waals surface area contributed by atoms with Crippen molar-refractivity contribution in [3.05, 3.63) is 65.8 Å². The molecule has 9 heteroatoms. The number of fused-ring (bicyclic) bond motifs is 1. The molecule has 0 saturated heterocycles. The van der Waals surface area contributed by atoms with Crippen LogP contribution in [0.5, 0.6) is 5.75 Å². The predicted molar refractivity (Wildman–Crippen MR) is 121 cm³/mol. The second-order valence-corrected chi connectivity index (χ2v) is 8.76. The normalized spacial score (nSPS) is 13.7. The Kier molecular flexibility index (Phi) is 4.76. The Morgan fingerprint density at radius 2 is 1.97 bits per heavy atom. The van der Waals surface area contributed by atoms with Crippen LogP contribution in [0.4, 0.5) is 10.8 Å². The van der Waals surface area contributed by atoms with Crippen LogP contribution in [0.15, 0.2) is 65.8 Å². The average Bonchev–Trinajstić information content (AvgIpc) is 3.51. The highest BCUT2D eigenvalue weighted by Gasteiger charge is 2.37. The van der Waals surface area contributed by atoms with Gasteiger partial charge in [0.2, 0.25) is 0 Å². The van der Waals surface area contributed by atoms with Crippen LogP contribution in [0.1, 0.15) is 6.92 Å². The summed E-state index contributed by atoms with van der Waals surface area (Å²) in [7, 11) is 1.63. The van der Waals surface area contributed by atoms with Gasteiger partial charge in [0, 0.05) is 16.5 Å². The van der Waals surface area contributed by atoms with Gasteiger partial charge in [-0.05, 0) is 48.2 Å². The number of hydrogen-bond acceptors (Lipinski definition) is 8. The molecule has 3 aromatic heterocycles. The number of carbonyl (C=O) groups is 2. The summed E-state index contributed by atoms with van der Waals surface area (Å²) in [4.78, 5) is 36.1. The number of amides is 2. The minimum absolute atomic E-state index is 0.372. The van der Waals surface area contributed by atoms with Crippen molar-refractivity contribution in [1.29, 1.82) is 0 Å². The van der Waals surface area contributed by atoms with Crippen LogP contribution in [0.3, 0.4) is 0 Å². The molecule has 5 rings (SSSR count). The van der Waals surface area contributed by atoms with Crippen molar-refractivity contribution in [2.45, 2.75) is 6.92 Å². The molecule has 2 amide bonds. The molecule has 0 radical (unpaired) electrons. The third-order valence-electron chi connectivity index (χ3n) is 4.87. The number of imide groups is 1. The number of thiophene rings is 2. The van der Waals surface area contributed by atoms with Gasteiger partial charge in [-0.3, -0.25) is 9.59 Å². The summed E-state index contributed by atoms with van der Waals surface area (Å²) in [6.45, 7) is 1.63. The molecule has 0 unspecified atom stereocenters. The zero-order valence-corrected chi connectivity index (χ0v) is 18.2. The predicted octanol–water partition coefficient (Wildman–Crippen LogP) is 4.80. The number of rotatable bonds is 5. The van der Waals surface area contributed by atoms with Gasteiger partial charge in [-0.1, -0.05) is 12.1 Å². The molecule has 0 N–H and O–H groups in total. The highest BCUT2D eigenvalue weighted by atomic mass is 32.1. The molecular formula is C22H16N4O3S2. The van der Waals surface area contributed by atoms with Gasteiger partial charge in [0.15, 0.2) is 5.82 Å². The number of ether oxygens (including phenoxy) is 1. The Hall–Kier alpha value is -3.56. The number of anilines is 2.